The summed E-state index contributed by atoms with van der Waals surface area (Å²) >= 11 is 0. The van der Waals surface area contributed by atoms with Gasteiger partial charge in [-0.2, -0.15) is 0 Å². The van der Waals surface area contributed by atoms with E-state index in [1.165, 1.54) is 6.20 Å². The summed E-state index contributed by atoms with van der Waals surface area (Å²) in [6.07, 6.45) is 4.26. The topological polar surface area (TPSA) is 66.3 Å². The minimum absolute atomic E-state index is 0.147. The largest absolute Gasteiger partial charge is 0.391 e. The van der Waals surface area contributed by atoms with Crippen LogP contribution in [0.25, 0.3) is 0 Å². The molecule has 5 nitrogen and oxygen atoms in total. The molecule has 1 aromatic heterocycles. The number of β-amino-alcohol motifs (C(OH)–C–C–N with tert-alkyl or cyclic N) is 1. The van der Waals surface area contributed by atoms with E-state index in [0.717, 1.165) is 18.5 Å². The predicted molar refractivity (Wildman–Crippen MR) is 57.9 cm³/mol. The van der Waals surface area contributed by atoms with Crippen LogP contribution in [-0.4, -0.2) is 45.1 Å². The van der Waals surface area contributed by atoms with Crippen LogP contribution in [0.5, 0.6) is 0 Å². The minimum atomic E-state index is -0.406. The van der Waals surface area contributed by atoms with Crippen molar-refractivity contribution in [3.05, 3.63) is 23.8 Å². The van der Waals surface area contributed by atoms with Crippen LogP contribution in [0, 0.1) is 6.92 Å². The molecule has 1 fully saturated rings. The molecule has 1 amide bonds. The third-order valence-electron chi connectivity index (χ3n) is 2.68. The fourth-order valence-electron chi connectivity index (χ4n) is 1.80. The summed E-state index contributed by atoms with van der Waals surface area (Å²) in [6.45, 7) is 2.91. The molecule has 1 aromatic rings. The molecule has 86 valence electrons. The first-order chi connectivity index (χ1) is 7.66. The number of hydrogen-bond donors (Lipinski definition) is 1. The van der Waals surface area contributed by atoms with Gasteiger partial charge >= 0.3 is 0 Å². The van der Waals surface area contributed by atoms with Crippen molar-refractivity contribution in [3.8, 4) is 0 Å². The monoisotopic (exact) mass is 221 g/mol. The zero-order valence-corrected chi connectivity index (χ0v) is 9.26. The highest BCUT2D eigenvalue weighted by atomic mass is 16.3. The van der Waals surface area contributed by atoms with Gasteiger partial charge in [0.15, 0.2) is 0 Å². The lowest BCUT2D eigenvalue weighted by Crippen LogP contribution is -2.42. The highest BCUT2D eigenvalue weighted by Crippen LogP contribution is 2.12. The van der Waals surface area contributed by atoms with Crippen molar-refractivity contribution in [2.75, 3.05) is 13.1 Å². The SMILES string of the molecule is Cc1cnc(C(=O)N2CCCC(O)C2)cn1. The average molecular weight is 221 g/mol. The number of amides is 1. The Balaban J connectivity index is 2.09. The molecule has 0 bridgehead atoms. The fourth-order valence-corrected chi connectivity index (χ4v) is 1.80. The van der Waals surface area contributed by atoms with Crippen LogP contribution < -0.4 is 0 Å². The van der Waals surface area contributed by atoms with Gasteiger partial charge in [-0.1, -0.05) is 0 Å². The maximum Gasteiger partial charge on any atom is 0.274 e. The lowest BCUT2D eigenvalue weighted by molar-refractivity contribution is 0.0468. The Kier molecular flexibility index (Phi) is 3.14. The Morgan fingerprint density at radius 2 is 2.31 bits per heavy atom. The molecule has 1 saturated heterocycles. The fraction of sp³-hybridized carbons (Fsp3) is 0.545. The van der Waals surface area contributed by atoms with E-state index in [4.69, 9.17) is 0 Å². The van der Waals surface area contributed by atoms with Gasteiger partial charge in [-0.25, -0.2) is 4.98 Å². The first-order valence-electron chi connectivity index (χ1n) is 5.43. The minimum Gasteiger partial charge on any atom is -0.391 e. The number of aromatic nitrogens is 2. The molecule has 1 unspecified atom stereocenters. The van der Waals surface area contributed by atoms with E-state index >= 15 is 0 Å². The molecule has 0 spiro atoms. The number of carbonyl (C=O) groups is 1. The summed E-state index contributed by atoms with van der Waals surface area (Å²) < 4.78 is 0. The van der Waals surface area contributed by atoms with E-state index in [1.54, 1.807) is 11.1 Å². The molecule has 1 aliphatic rings. The third kappa shape index (κ3) is 2.36. The van der Waals surface area contributed by atoms with Gasteiger partial charge in [0.05, 0.1) is 18.0 Å². The quantitative estimate of drug-likeness (QED) is 0.744. The predicted octanol–water partition coefficient (Wildman–Crippen LogP) is 0.382. The molecule has 1 N–H and O–H groups in total. The van der Waals surface area contributed by atoms with E-state index in [1.807, 2.05) is 6.92 Å². The highest BCUT2D eigenvalue weighted by Gasteiger charge is 2.23. The molecule has 1 atom stereocenters. The van der Waals surface area contributed by atoms with Gasteiger partial charge in [0.1, 0.15) is 5.69 Å². The van der Waals surface area contributed by atoms with Crippen LogP contribution in [-0.2, 0) is 0 Å². The molecule has 0 saturated carbocycles. The van der Waals surface area contributed by atoms with Gasteiger partial charge in [-0.15, -0.1) is 0 Å². The summed E-state index contributed by atoms with van der Waals surface area (Å²) in [7, 11) is 0. The van der Waals surface area contributed by atoms with Crippen LogP contribution >= 0.6 is 0 Å². The zero-order chi connectivity index (χ0) is 11.5. The number of piperidine rings is 1. The van der Waals surface area contributed by atoms with Crippen molar-refractivity contribution in [2.45, 2.75) is 25.9 Å². The van der Waals surface area contributed by atoms with Crippen molar-refractivity contribution < 1.29 is 9.90 Å². The van der Waals surface area contributed by atoms with E-state index < -0.39 is 6.10 Å². The molecular weight excluding hydrogens is 206 g/mol. The molecule has 0 radical (unpaired) electrons. The lowest BCUT2D eigenvalue weighted by Gasteiger charge is -2.29. The van der Waals surface area contributed by atoms with Gasteiger partial charge in [-0.3, -0.25) is 9.78 Å². The summed E-state index contributed by atoms with van der Waals surface area (Å²) in [5.41, 5.74) is 1.13. The van der Waals surface area contributed by atoms with Gasteiger partial charge < -0.3 is 10.0 Å². The van der Waals surface area contributed by atoms with Crippen molar-refractivity contribution in [1.29, 1.82) is 0 Å². The lowest BCUT2D eigenvalue weighted by atomic mass is 10.1. The number of carbonyl (C=O) groups excluding carboxylic acids is 1. The van der Waals surface area contributed by atoms with Gasteiger partial charge in [0.2, 0.25) is 0 Å². The maximum absolute atomic E-state index is 12.0. The molecule has 0 aromatic carbocycles. The molecular formula is C11H15N3O2. The van der Waals surface area contributed by atoms with E-state index in [0.29, 0.717) is 18.8 Å². The van der Waals surface area contributed by atoms with Crippen LogP contribution in [0.2, 0.25) is 0 Å². The zero-order valence-electron chi connectivity index (χ0n) is 9.26. The summed E-state index contributed by atoms with van der Waals surface area (Å²) in [5, 5.41) is 9.49. The third-order valence-corrected chi connectivity index (χ3v) is 2.68. The number of nitrogens with zero attached hydrogens (tertiary/aromatic N) is 3. The van der Waals surface area contributed by atoms with Crippen LogP contribution in [0.15, 0.2) is 12.4 Å². The second-order valence-electron chi connectivity index (χ2n) is 4.09. The molecule has 0 aliphatic carbocycles. The van der Waals surface area contributed by atoms with Crippen molar-refractivity contribution >= 4 is 5.91 Å². The summed E-state index contributed by atoms with van der Waals surface area (Å²) in [6, 6.07) is 0. The molecule has 2 rings (SSSR count). The normalized spacial score (nSPS) is 20.9. The molecule has 16 heavy (non-hydrogen) atoms. The Bertz CT molecular complexity index is 377. The molecule has 1 aliphatic heterocycles. The van der Waals surface area contributed by atoms with Gasteiger partial charge in [-0.05, 0) is 19.8 Å². The van der Waals surface area contributed by atoms with E-state index in [-0.39, 0.29) is 5.91 Å². The van der Waals surface area contributed by atoms with Crippen molar-refractivity contribution in [2.24, 2.45) is 0 Å². The highest BCUT2D eigenvalue weighted by molar-refractivity contribution is 5.92. The van der Waals surface area contributed by atoms with Crippen molar-refractivity contribution in [1.82, 2.24) is 14.9 Å². The Morgan fingerprint density at radius 1 is 1.50 bits per heavy atom. The number of rotatable bonds is 1. The second-order valence-corrected chi connectivity index (χ2v) is 4.09. The molecule has 2 heterocycles. The maximum atomic E-state index is 12.0. The summed E-state index contributed by atoms with van der Waals surface area (Å²) in [4.78, 5) is 21.7. The van der Waals surface area contributed by atoms with Crippen LogP contribution in [0.4, 0.5) is 0 Å². The van der Waals surface area contributed by atoms with E-state index in [2.05, 4.69) is 9.97 Å². The number of likely N-dealkylation sites (tertiary alicyclic amines) is 1. The number of aryl methyl sites for hydroxylation is 1. The Morgan fingerprint density at radius 3 is 2.94 bits per heavy atom. The Hall–Kier alpha value is -1.49. The van der Waals surface area contributed by atoms with Gasteiger partial charge in [0, 0.05) is 19.3 Å². The standard InChI is InChI=1S/C11H15N3O2/c1-8-5-13-10(6-12-8)11(16)14-4-2-3-9(15)7-14/h5-6,9,15H,2-4,7H2,1H3. The number of aliphatic hydroxyl groups is 1. The van der Waals surface area contributed by atoms with Crippen molar-refractivity contribution in [3.63, 3.8) is 0 Å². The summed E-state index contributed by atoms with van der Waals surface area (Å²) in [5.74, 6) is -0.147. The smallest absolute Gasteiger partial charge is 0.274 e. The number of hydrogen-bond acceptors (Lipinski definition) is 4. The van der Waals surface area contributed by atoms with Crippen LogP contribution in [0.3, 0.4) is 0 Å². The molecule has 5 heteroatoms. The van der Waals surface area contributed by atoms with Crippen LogP contribution in [0.1, 0.15) is 29.0 Å². The first-order valence-corrected chi connectivity index (χ1v) is 5.43. The van der Waals surface area contributed by atoms with E-state index in [9.17, 15) is 9.90 Å². The second kappa shape index (κ2) is 4.57. The Labute approximate surface area is 94.1 Å². The average Bonchev–Trinajstić information content (AvgIpc) is 2.29. The first kappa shape index (κ1) is 11.0. The number of aliphatic hydroxyl groups excluding tert-OH is 1. The van der Waals surface area contributed by atoms with Gasteiger partial charge in [0.25, 0.3) is 5.91 Å².